The molecule has 1 aliphatic heterocycles. The van der Waals surface area contributed by atoms with E-state index in [1.807, 2.05) is 43.3 Å². The summed E-state index contributed by atoms with van der Waals surface area (Å²) in [6, 6.07) is 19.3. The zero-order valence-corrected chi connectivity index (χ0v) is 21.6. The minimum atomic E-state index is -3.79. The maximum absolute atomic E-state index is 13.5. The lowest BCUT2D eigenvalue weighted by Gasteiger charge is -2.31. The molecule has 1 aliphatic rings. The number of sulfonamides is 1. The van der Waals surface area contributed by atoms with Crippen molar-refractivity contribution in [1.82, 2.24) is 8.87 Å². The molecule has 0 radical (unpaired) electrons. The van der Waals surface area contributed by atoms with Crippen LogP contribution < -0.4 is 10.1 Å². The Kier molecular flexibility index (Phi) is 6.49. The first-order valence-electron chi connectivity index (χ1n) is 12.3. The van der Waals surface area contributed by atoms with Crippen LogP contribution in [0.5, 0.6) is 5.75 Å². The standard InChI is InChI=1S/C28H31N3O4S/c1-4-31-24-10-6-5-9-22(24)23-17-21(12-13-25(23)31)29-28(32)20-8-7-15-30(18-20)36(33,34)27-16-19(2)11-14-26(27)35-3/h5-6,9-14,16-17,20H,4,7-8,15,18H2,1-3H3,(H,29,32)/t20-/m0/s1. The highest BCUT2D eigenvalue weighted by molar-refractivity contribution is 7.89. The molecule has 8 heteroatoms. The van der Waals surface area contributed by atoms with Crippen molar-refractivity contribution in [3.8, 4) is 5.75 Å². The molecule has 0 spiro atoms. The third-order valence-corrected chi connectivity index (χ3v) is 8.93. The van der Waals surface area contributed by atoms with Crippen LogP contribution in [0, 0.1) is 12.8 Å². The van der Waals surface area contributed by atoms with Gasteiger partial charge >= 0.3 is 0 Å². The Morgan fingerprint density at radius 1 is 1.06 bits per heavy atom. The molecule has 0 saturated carbocycles. The average Bonchev–Trinajstić information content (AvgIpc) is 3.21. The fourth-order valence-corrected chi connectivity index (χ4v) is 6.98. The minimum absolute atomic E-state index is 0.142. The molecule has 1 atom stereocenters. The van der Waals surface area contributed by atoms with Crippen LogP contribution in [-0.2, 0) is 21.4 Å². The number of fused-ring (bicyclic) bond motifs is 3. The van der Waals surface area contributed by atoms with Crippen molar-refractivity contribution in [1.29, 1.82) is 0 Å². The Bertz CT molecular complexity index is 1560. The van der Waals surface area contributed by atoms with Crippen molar-refractivity contribution in [3.63, 3.8) is 0 Å². The molecular formula is C28H31N3O4S. The molecule has 2 heterocycles. The maximum Gasteiger partial charge on any atom is 0.246 e. The van der Waals surface area contributed by atoms with Gasteiger partial charge in [-0.2, -0.15) is 4.31 Å². The second kappa shape index (κ2) is 9.59. The number of amides is 1. The molecule has 5 rings (SSSR count). The van der Waals surface area contributed by atoms with E-state index in [0.717, 1.165) is 33.9 Å². The van der Waals surface area contributed by atoms with Gasteiger partial charge in [0.05, 0.1) is 13.0 Å². The van der Waals surface area contributed by atoms with Crippen molar-refractivity contribution in [2.45, 2.75) is 38.1 Å². The van der Waals surface area contributed by atoms with Gasteiger partial charge in [0.1, 0.15) is 10.6 Å². The molecule has 1 saturated heterocycles. The summed E-state index contributed by atoms with van der Waals surface area (Å²) in [4.78, 5) is 13.4. The summed E-state index contributed by atoms with van der Waals surface area (Å²) in [6.07, 6.45) is 1.26. The number of nitrogens with zero attached hydrogens (tertiary/aromatic N) is 2. The van der Waals surface area contributed by atoms with Crippen LogP contribution in [0.25, 0.3) is 21.8 Å². The van der Waals surface area contributed by atoms with Gasteiger partial charge in [-0.15, -0.1) is 0 Å². The van der Waals surface area contributed by atoms with Gasteiger partial charge in [-0.05, 0) is 68.7 Å². The van der Waals surface area contributed by atoms with Crippen LogP contribution in [0.3, 0.4) is 0 Å². The summed E-state index contributed by atoms with van der Waals surface area (Å²) in [5.41, 5.74) is 3.84. The average molecular weight is 506 g/mol. The molecule has 4 aromatic rings. The molecule has 1 aromatic heterocycles. The van der Waals surface area contributed by atoms with Gasteiger partial charge in [0.25, 0.3) is 0 Å². The topological polar surface area (TPSA) is 80.6 Å². The number of carbonyl (C=O) groups is 1. The van der Waals surface area contributed by atoms with E-state index in [9.17, 15) is 13.2 Å². The van der Waals surface area contributed by atoms with Crippen LogP contribution in [0.2, 0.25) is 0 Å². The number of anilines is 1. The third kappa shape index (κ3) is 4.24. The number of hydrogen-bond donors (Lipinski definition) is 1. The summed E-state index contributed by atoms with van der Waals surface area (Å²) in [5, 5.41) is 5.28. The minimum Gasteiger partial charge on any atom is -0.495 e. The molecule has 0 aliphatic carbocycles. The van der Waals surface area contributed by atoms with E-state index in [0.29, 0.717) is 30.8 Å². The second-order valence-electron chi connectivity index (χ2n) is 9.34. The first-order valence-corrected chi connectivity index (χ1v) is 13.7. The van der Waals surface area contributed by atoms with Crippen LogP contribution in [-0.4, -0.2) is 43.4 Å². The Hall–Kier alpha value is -3.36. The Morgan fingerprint density at radius 2 is 1.83 bits per heavy atom. The lowest BCUT2D eigenvalue weighted by atomic mass is 9.98. The number of hydrogen-bond acceptors (Lipinski definition) is 4. The van der Waals surface area contributed by atoms with Gasteiger partial charge in [-0.1, -0.05) is 24.3 Å². The number of nitrogens with one attached hydrogen (secondary N) is 1. The van der Waals surface area contributed by atoms with Gasteiger partial charge in [0.15, 0.2) is 0 Å². The highest BCUT2D eigenvalue weighted by Crippen LogP contribution is 2.33. The van der Waals surface area contributed by atoms with E-state index in [4.69, 9.17) is 4.74 Å². The summed E-state index contributed by atoms with van der Waals surface area (Å²) < 4.78 is 35.9. The van der Waals surface area contributed by atoms with Crippen molar-refractivity contribution in [2.24, 2.45) is 5.92 Å². The van der Waals surface area contributed by atoms with Crippen LogP contribution >= 0.6 is 0 Å². The predicted octanol–water partition coefficient (Wildman–Crippen LogP) is 5.17. The van der Waals surface area contributed by atoms with E-state index in [1.54, 1.807) is 12.1 Å². The number of piperidine rings is 1. The summed E-state index contributed by atoms with van der Waals surface area (Å²) in [6.45, 7) is 5.35. The van der Waals surface area contributed by atoms with E-state index >= 15 is 0 Å². The van der Waals surface area contributed by atoms with E-state index < -0.39 is 15.9 Å². The number of rotatable bonds is 6. The maximum atomic E-state index is 13.5. The fraction of sp³-hybridized carbons (Fsp3) is 0.321. The molecule has 7 nitrogen and oxygen atoms in total. The quantitative estimate of drug-likeness (QED) is 0.392. The Morgan fingerprint density at radius 3 is 2.61 bits per heavy atom. The van der Waals surface area contributed by atoms with Crippen molar-refractivity contribution in [3.05, 3.63) is 66.2 Å². The largest absolute Gasteiger partial charge is 0.495 e. The second-order valence-corrected chi connectivity index (χ2v) is 11.2. The SMILES string of the molecule is CCn1c2ccccc2c2cc(NC(=O)[C@H]3CCCN(S(=O)(=O)c4cc(C)ccc4OC)C3)ccc21. The summed E-state index contributed by atoms with van der Waals surface area (Å²) in [7, 11) is -2.33. The Balaban J connectivity index is 1.38. The molecule has 0 unspecified atom stereocenters. The zero-order chi connectivity index (χ0) is 25.4. The smallest absolute Gasteiger partial charge is 0.246 e. The summed E-state index contributed by atoms with van der Waals surface area (Å²) >= 11 is 0. The molecule has 1 amide bonds. The number of para-hydroxylation sites is 1. The normalized spacial score (nSPS) is 16.9. The van der Waals surface area contributed by atoms with Crippen LogP contribution in [0.4, 0.5) is 5.69 Å². The van der Waals surface area contributed by atoms with Gasteiger partial charge in [0, 0.05) is 47.1 Å². The van der Waals surface area contributed by atoms with E-state index in [1.165, 1.54) is 11.4 Å². The highest BCUT2D eigenvalue weighted by atomic mass is 32.2. The molecule has 188 valence electrons. The number of carbonyl (C=O) groups excluding carboxylic acids is 1. The molecule has 0 bridgehead atoms. The highest BCUT2D eigenvalue weighted by Gasteiger charge is 2.35. The van der Waals surface area contributed by atoms with Crippen LogP contribution in [0.15, 0.2) is 65.6 Å². The lowest BCUT2D eigenvalue weighted by Crippen LogP contribution is -2.43. The summed E-state index contributed by atoms with van der Waals surface area (Å²) in [5.74, 6) is -0.284. The first-order chi connectivity index (χ1) is 17.3. The molecular weight excluding hydrogens is 474 g/mol. The van der Waals surface area contributed by atoms with Crippen molar-refractivity contribution >= 4 is 43.4 Å². The van der Waals surface area contributed by atoms with Crippen molar-refractivity contribution in [2.75, 3.05) is 25.5 Å². The fourth-order valence-electron chi connectivity index (χ4n) is 5.22. The number of aryl methyl sites for hydroxylation is 2. The van der Waals surface area contributed by atoms with Gasteiger partial charge in [-0.3, -0.25) is 4.79 Å². The zero-order valence-electron chi connectivity index (χ0n) is 20.8. The third-order valence-electron chi connectivity index (χ3n) is 7.05. The lowest BCUT2D eigenvalue weighted by molar-refractivity contribution is -0.120. The monoisotopic (exact) mass is 505 g/mol. The number of benzene rings is 3. The number of aromatic nitrogens is 1. The predicted molar refractivity (Wildman–Crippen MR) is 143 cm³/mol. The molecule has 1 N–H and O–H groups in total. The van der Waals surface area contributed by atoms with Crippen LogP contribution in [0.1, 0.15) is 25.3 Å². The van der Waals surface area contributed by atoms with Gasteiger partial charge in [0.2, 0.25) is 15.9 Å². The first kappa shape index (κ1) is 24.3. The van der Waals surface area contributed by atoms with E-state index in [-0.39, 0.29) is 17.3 Å². The Labute approximate surface area is 211 Å². The number of ether oxygens (including phenoxy) is 1. The van der Waals surface area contributed by atoms with Gasteiger partial charge < -0.3 is 14.6 Å². The molecule has 36 heavy (non-hydrogen) atoms. The molecule has 1 fully saturated rings. The van der Waals surface area contributed by atoms with Gasteiger partial charge in [-0.25, -0.2) is 8.42 Å². The van der Waals surface area contributed by atoms with Crippen molar-refractivity contribution < 1.29 is 17.9 Å². The molecule has 3 aromatic carbocycles. The van der Waals surface area contributed by atoms with E-state index in [2.05, 4.69) is 28.9 Å². The number of methoxy groups -OCH3 is 1.